The number of benzene rings is 3. The first-order valence-corrected chi connectivity index (χ1v) is 11.5. The van der Waals surface area contributed by atoms with Crippen molar-refractivity contribution in [2.24, 2.45) is 0 Å². The Morgan fingerprint density at radius 1 is 0.938 bits per heavy atom. The molecule has 0 N–H and O–H groups in total. The van der Waals surface area contributed by atoms with Crippen LogP contribution in [0.15, 0.2) is 66.9 Å². The van der Waals surface area contributed by atoms with Crippen LogP contribution in [-0.2, 0) is 11.3 Å². The Bertz CT molecular complexity index is 1260. The number of fused-ring (bicyclic) bond motifs is 1. The van der Waals surface area contributed by atoms with Crippen LogP contribution in [0, 0.1) is 13.8 Å². The molecule has 4 heteroatoms. The van der Waals surface area contributed by atoms with Gasteiger partial charge in [-0.15, -0.1) is 0 Å². The zero-order chi connectivity index (χ0) is 22.1. The Morgan fingerprint density at radius 3 is 2.44 bits per heavy atom. The molecule has 0 spiro atoms. The number of rotatable bonds is 4. The van der Waals surface area contributed by atoms with Gasteiger partial charge in [-0.3, -0.25) is 9.88 Å². The molecule has 1 aliphatic rings. The number of hydrogen-bond donors (Lipinski definition) is 0. The van der Waals surface area contributed by atoms with Gasteiger partial charge in [-0.2, -0.15) is 0 Å². The van der Waals surface area contributed by atoms with Gasteiger partial charge in [0.05, 0.1) is 18.7 Å². The molecule has 3 aromatic carbocycles. The van der Waals surface area contributed by atoms with Gasteiger partial charge in [-0.25, -0.2) is 0 Å². The Morgan fingerprint density at radius 2 is 1.69 bits per heavy atom. The normalized spacial score (nSPS) is 14.7. The number of nitrogens with zero attached hydrogens (tertiary/aromatic N) is 2. The van der Waals surface area contributed by atoms with E-state index in [2.05, 4.69) is 66.2 Å². The van der Waals surface area contributed by atoms with Crippen molar-refractivity contribution >= 4 is 22.5 Å². The highest BCUT2D eigenvalue weighted by atomic mass is 35.5. The lowest BCUT2D eigenvalue weighted by atomic mass is 9.89. The van der Waals surface area contributed by atoms with Crippen molar-refractivity contribution in [2.75, 3.05) is 26.3 Å². The summed E-state index contributed by atoms with van der Waals surface area (Å²) in [5, 5.41) is 1.92. The summed E-state index contributed by atoms with van der Waals surface area (Å²) >= 11 is 6.56. The van der Waals surface area contributed by atoms with Crippen LogP contribution in [0.3, 0.4) is 0 Å². The van der Waals surface area contributed by atoms with Gasteiger partial charge in [0.1, 0.15) is 0 Å². The predicted octanol–water partition coefficient (Wildman–Crippen LogP) is 6.67. The Kier molecular flexibility index (Phi) is 5.97. The fourth-order valence-electron chi connectivity index (χ4n) is 4.82. The summed E-state index contributed by atoms with van der Waals surface area (Å²) < 4.78 is 5.47. The van der Waals surface area contributed by atoms with Gasteiger partial charge in [0.25, 0.3) is 0 Å². The van der Waals surface area contributed by atoms with E-state index in [9.17, 15) is 0 Å². The van der Waals surface area contributed by atoms with E-state index in [1.54, 1.807) is 0 Å². The Balaban J connectivity index is 1.57. The molecular weight excluding hydrogens is 416 g/mol. The van der Waals surface area contributed by atoms with Gasteiger partial charge in [0.15, 0.2) is 0 Å². The maximum Gasteiger partial charge on any atom is 0.0713 e. The highest BCUT2D eigenvalue weighted by Crippen LogP contribution is 2.39. The molecule has 0 amide bonds. The van der Waals surface area contributed by atoms with E-state index in [-0.39, 0.29) is 0 Å². The molecule has 0 saturated carbocycles. The summed E-state index contributed by atoms with van der Waals surface area (Å²) in [6, 6.07) is 21.3. The van der Waals surface area contributed by atoms with Gasteiger partial charge < -0.3 is 4.74 Å². The first-order chi connectivity index (χ1) is 15.6. The second-order valence-electron chi connectivity index (χ2n) is 8.51. The van der Waals surface area contributed by atoms with Crippen LogP contribution < -0.4 is 0 Å². The van der Waals surface area contributed by atoms with Crippen LogP contribution in [0.25, 0.3) is 33.2 Å². The molecular formula is C28H27ClN2O. The molecule has 32 heavy (non-hydrogen) atoms. The molecule has 2 heterocycles. The number of hydrogen-bond acceptors (Lipinski definition) is 3. The van der Waals surface area contributed by atoms with Crippen molar-refractivity contribution in [3.05, 3.63) is 88.6 Å². The number of morpholine rings is 1. The van der Waals surface area contributed by atoms with Crippen molar-refractivity contribution in [1.82, 2.24) is 9.88 Å². The SMILES string of the molecule is Cc1cc2nccc(-c3ccccc3Cl)c2c(C)c1-c1ccc(CN2CCOCC2)cc1. The van der Waals surface area contributed by atoms with Crippen LogP contribution in [0.2, 0.25) is 5.02 Å². The van der Waals surface area contributed by atoms with E-state index >= 15 is 0 Å². The van der Waals surface area contributed by atoms with Gasteiger partial charge in [-0.1, -0.05) is 54.1 Å². The summed E-state index contributed by atoms with van der Waals surface area (Å²) in [6.07, 6.45) is 1.87. The quantitative estimate of drug-likeness (QED) is 0.353. The summed E-state index contributed by atoms with van der Waals surface area (Å²) in [4.78, 5) is 7.12. The van der Waals surface area contributed by atoms with Crippen LogP contribution in [0.4, 0.5) is 0 Å². The molecule has 3 nitrogen and oxygen atoms in total. The van der Waals surface area contributed by atoms with E-state index < -0.39 is 0 Å². The minimum absolute atomic E-state index is 0.758. The number of aryl methyl sites for hydroxylation is 2. The molecule has 1 aliphatic heterocycles. The summed E-state index contributed by atoms with van der Waals surface area (Å²) in [5.41, 5.74) is 9.50. The maximum atomic E-state index is 6.56. The number of pyridine rings is 1. The van der Waals surface area contributed by atoms with Gasteiger partial charge in [-0.05, 0) is 65.4 Å². The average molecular weight is 443 g/mol. The lowest BCUT2D eigenvalue weighted by Gasteiger charge is -2.26. The fourth-order valence-corrected chi connectivity index (χ4v) is 5.06. The van der Waals surface area contributed by atoms with Gasteiger partial charge in [0.2, 0.25) is 0 Å². The minimum atomic E-state index is 0.758. The molecule has 1 fully saturated rings. The topological polar surface area (TPSA) is 25.4 Å². The van der Waals surface area contributed by atoms with Crippen molar-refractivity contribution in [1.29, 1.82) is 0 Å². The summed E-state index contributed by atoms with van der Waals surface area (Å²) in [7, 11) is 0. The monoisotopic (exact) mass is 442 g/mol. The third-order valence-corrected chi connectivity index (χ3v) is 6.72. The smallest absolute Gasteiger partial charge is 0.0713 e. The maximum absolute atomic E-state index is 6.56. The fraction of sp³-hybridized carbons (Fsp3) is 0.250. The predicted molar refractivity (Wildman–Crippen MR) is 133 cm³/mol. The molecule has 0 aliphatic carbocycles. The molecule has 5 rings (SSSR count). The third kappa shape index (κ3) is 4.04. The molecule has 1 aromatic heterocycles. The number of aromatic nitrogens is 1. The van der Waals surface area contributed by atoms with Crippen molar-refractivity contribution in [3.63, 3.8) is 0 Å². The van der Waals surface area contributed by atoms with E-state index in [4.69, 9.17) is 16.3 Å². The summed E-state index contributed by atoms with van der Waals surface area (Å²) in [6.45, 7) is 9.01. The van der Waals surface area contributed by atoms with Crippen molar-refractivity contribution in [3.8, 4) is 22.3 Å². The first-order valence-electron chi connectivity index (χ1n) is 11.1. The second-order valence-corrected chi connectivity index (χ2v) is 8.92. The van der Waals surface area contributed by atoms with Gasteiger partial charge >= 0.3 is 0 Å². The van der Waals surface area contributed by atoms with E-state index in [0.29, 0.717) is 0 Å². The molecule has 0 atom stereocenters. The number of ether oxygens (including phenoxy) is 1. The summed E-state index contributed by atoms with van der Waals surface area (Å²) in [5.74, 6) is 0. The van der Waals surface area contributed by atoms with Crippen molar-refractivity contribution < 1.29 is 4.74 Å². The average Bonchev–Trinajstić information content (AvgIpc) is 2.81. The van der Waals surface area contributed by atoms with Crippen LogP contribution >= 0.6 is 11.6 Å². The Labute approximate surface area is 194 Å². The first kappa shape index (κ1) is 21.1. The van der Waals surface area contributed by atoms with Crippen LogP contribution in [0.5, 0.6) is 0 Å². The molecule has 1 saturated heterocycles. The molecule has 0 bridgehead atoms. The lowest BCUT2D eigenvalue weighted by molar-refractivity contribution is 0.0342. The highest BCUT2D eigenvalue weighted by molar-refractivity contribution is 6.33. The van der Waals surface area contributed by atoms with Crippen molar-refractivity contribution in [2.45, 2.75) is 20.4 Å². The van der Waals surface area contributed by atoms with E-state index in [1.807, 2.05) is 24.4 Å². The standard InChI is InChI=1S/C28H27ClN2O/c1-19-17-26-28(24(11-12-30-26)23-5-3-4-6-25(23)29)20(2)27(19)22-9-7-21(8-10-22)18-31-13-15-32-16-14-31/h3-12,17H,13-16,18H2,1-2H3. The van der Waals surface area contributed by atoms with Crippen LogP contribution in [-0.4, -0.2) is 36.2 Å². The Hall–Kier alpha value is -2.72. The molecule has 0 unspecified atom stereocenters. The molecule has 0 radical (unpaired) electrons. The molecule has 162 valence electrons. The van der Waals surface area contributed by atoms with E-state index in [0.717, 1.165) is 54.5 Å². The third-order valence-electron chi connectivity index (χ3n) is 6.39. The molecule has 4 aromatic rings. The minimum Gasteiger partial charge on any atom is -0.379 e. The second kappa shape index (κ2) is 9.03. The largest absolute Gasteiger partial charge is 0.379 e. The zero-order valence-corrected chi connectivity index (χ0v) is 19.3. The number of halogens is 1. The van der Waals surface area contributed by atoms with Gasteiger partial charge in [0, 0.05) is 41.8 Å². The lowest BCUT2D eigenvalue weighted by Crippen LogP contribution is -2.35. The zero-order valence-electron chi connectivity index (χ0n) is 18.6. The highest BCUT2D eigenvalue weighted by Gasteiger charge is 2.16. The van der Waals surface area contributed by atoms with Crippen LogP contribution in [0.1, 0.15) is 16.7 Å². The van der Waals surface area contributed by atoms with E-state index in [1.165, 1.54) is 33.2 Å².